The number of phenols is 1. The van der Waals surface area contributed by atoms with E-state index in [-0.39, 0.29) is 34.8 Å². The van der Waals surface area contributed by atoms with Crippen LogP contribution in [0.2, 0.25) is 0 Å². The number of ether oxygens (including phenoxy) is 1. The summed E-state index contributed by atoms with van der Waals surface area (Å²) in [4.78, 5) is 24.9. The van der Waals surface area contributed by atoms with E-state index >= 15 is 0 Å². The highest BCUT2D eigenvalue weighted by Crippen LogP contribution is 2.42. The molecule has 2 fully saturated rings. The number of hydrogen-bond donors (Lipinski definition) is 1. The Labute approximate surface area is 223 Å². The molecule has 0 aliphatic carbocycles. The summed E-state index contributed by atoms with van der Waals surface area (Å²) in [7, 11) is 1.46. The molecular weight excluding hydrogens is 539 g/mol. The zero-order valence-corrected chi connectivity index (χ0v) is 21.1. The number of nitrogens with zero attached hydrogens (tertiary/aromatic N) is 6. The summed E-state index contributed by atoms with van der Waals surface area (Å²) in [5, 5.41) is 13.9. The molecule has 1 unspecified atom stereocenters. The first-order valence-electron chi connectivity index (χ1n) is 12.2. The van der Waals surface area contributed by atoms with Gasteiger partial charge in [-0.1, -0.05) is 29.8 Å². The molecule has 2 atom stereocenters. The largest absolute Gasteiger partial charge is 0.503 e. The van der Waals surface area contributed by atoms with Gasteiger partial charge in [-0.25, -0.2) is 23.2 Å². The van der Waals surface area contributed by atoms with Crippen molar-refractivity contribution < 1.29 is 36.6 Å². The number of aromatic nitrogens is 4. The van der Waals surface area contributed by atoms with Gasteiger partial charge in [0.05, 0.1) is 17.0 Å². The Bertz CT molecular complexity index is 1660. The number of aryl methyl sites for hydroxylation is 2. The lowest BCUT2D eigenvalue weighted by atomic mass is 9.99. The molecule has 6 rings (SSSR count). The Kier molecular flexibility index (Phi) is 5.82. The second-order valence-corrected chi connectivity index (χ2v) is 9.75. The lowest BCUT2D eigenvalue weighted by molar-refractivity contribution is -0.140. The molecule has 4 aromatic rings. The number of cyclic esters (lactones) is 1. The molecule has 2 saturated heterocycles. The molecule has 0 saturated carbocycles. The summed E-state index contributed by atoms with van der Waals surface area (Å²) in [5.74, 6) is -5.18. The summed E-state index contributed by atoms with van der Waals surface area (Å²) >= 11 is 0. The second kappa shape index (κ2) is 9.03. The lowest BCUT2D eigenvalue weighted by Gasteiger charge is -2.37. The molecule has 208 valence electrons. The molecule has 0 radical (unpaired) electrons. The third-order valence-corrected chi connectivity index (χ3v) is 7.22. The van der Waals surface area contributed by atoms with E-state index in [1.54, 1.807) is 4.90 Å². The van der Waals surface area contributed by atoms with E-state index in [1.165, 1.54) is 17.9 Å². The lowest BCUT2D eigenvalue weighted by Crippen LogP contribution is -2.53. The highest BCUT2D eigenvalue weighted by molar-refractivity contribution is 5.91. The molecule has 1 N–H and O–H groups in total. The van der Waals surface area contributed by atoms with Gasteiger partial charge in [0, 0.05) is 38.4 Å². The molecule has 14 heteroatoms. The molecule has 1 amide bonds. The van der Waals surface area contributed by atoms with Crippen LogP contribution >= 0.6 is 0 Å². The van der Waals surface area contributed by atoms with Gasteiger partial charge in [-0.2, -0.15) is 23.3 Å². The number of alkyl halides is 3. The van der Waals surface area contributed by atoms with Gasteiger partial charge in [-0.15, -0.1) is 0 Å². The molecular formula is C26H21F5N6O3. The first-order valence-corrected chi connectivity index (χ1v) is 12.2. The topological polar surface area (TPSA) is 96.6 Å². The maximum absolute atomic E-state index is 14.8. The van der Waals surface area contributed by atoms with Crippen molar-refractivity contribution in [3.8, 4) is 17.0 Å². The van der Waals surface area contributed by atoms with Crippen molar-refractivity contribution in [1.82, 2.24) is 24.6 Å². The van der Waals surface area contributed by atoms with Gasteiger partial charge in [0.25, 0.3) is 0 Å². The predicted octanol–water partition coefficient (Wildman–Crippen LogP) is 4.72. The van der Waals surface area contributed by atoms with Crippen LogP contribution in [-0.4, -0.2) is 61.5 Å². The maximum Gasteiger partial charge on any atom is 0.419 e. The van der Waals surface area contributed by atoms with Crippen LogP contribution in [0, 0.1) is 18.6 Å². The van der Waals surface area contributed by atoms with Crippen LogP contribution in [0.25, 0.3) is 22.3 Å². The van der Waals surface area contributed by atoms with Crippen LogP contribution in [-0.2, 0) is 18.0 Å². The Balaban J connectivity index is 1.35. The molecule has 9 nitrogen and oxygen atoms in total. The van der Waals surface area contributed by atoms with E-state index in [9.17, 15) is 31.9 Å². The zero-order valence-electron chi connectivity index (χ0n) is 21.1. The summed E-state index contributed by atoms with van der Waals surface area (Å²) < 4.78 is 75.7. The Morgan fingerprint density at radius 3 is 2.52 bits per heavy atom. The number of piperazine rings is 1. The molecule has 2 aromatic heterocycles. The fraction of sp³-hybridized carbons (Fsp3) is 0.308. The maximum atomic E-state index is 14.8. The summed E-state index contributed by atoms with van der Waals surface area (Å²) in [5.41, 5.74) is -0.771. The second-order valence-electron chi connectivity index (χ2n) is 9.75. The molecule has 2 aliphatic rings. The van der Waals surface area contributed by atoms with Crippen LogP contribution in [0.3, 0.4) is 0 Å². The highest BCUT2D eigenvalue weighted by Gasteiger charge is 2.46. The SMILES string of the molecule is Cc1ccc(C2OC(=O)N3CCN(c4ncc5c(-c6cc(C(F)(F)F)c(F)c(O)c6F)nn(C)c5n4)C[C@H]23)cc1. The number of benzene rings is 2. The van der Waals surface area contributed by atoms with Crippen molar-refractivity contribution in [2.75, 3.05) is 24.5 Å². The minimum Gasteiger partial charge on any atom is -0.503 e. The van der Waals surface area contributed by atoms with Crippen LogP contribution in [0.1, 0.15) is 22.8 Å². The van der Waals surface area contributed by atoms with Gasteiger partial charge in [0.2, 0.25) is 5.95 Å². The van der Waals surface area contributed by atoms with Gasteiger partial charge in [-0.3, -0.25) is 4.90 Å². The van der Waals surface area contributed by atoms with Crippen LogP contribution in [0.4, 0.5) is 32.7 Å². The smallest absolute Gasteiger partial charge is 0.419 e. The van der Waals surface area contributed by atoms with Crippen molar-refractivity contribution in [3.63, 3.8) is 0 Å². The van der Waals surface area contributed by atoms with Gasteiger partial charge in [0.15, 0.2) is 29.1 Å². The van der Waals surface area contributed by atoms with Crippen molar-refractivity contribution >= 4 is 23.1 Å². The minimum absolute atomic E-state index is 0.0971. The minimum atomic E-state index is -5.18. The number of hydrogen-bond acceptors (Lipinski definition) is 7. The van der Waals surface area contributed by atoms with Crippen molar-refractivity contribution in [2.45, 2.75) is 25.2 Å². The van der Waals surface area contributed by atoms with E-state index in [1.807, 2.05) is 36.1 Å². The number of amides is 1. The van der Waals surface area contributed by atoms with E-state index in [0.717, 1.165) is 11.1 Å². The van der Waals surface area contributed by atoms with Crippen LogP contribution in [0.5, 0.6) is 5.75 Å². The number of aromatic hydroxyl groups is 1. The van der Waals surface area contributed by atoms with Crippen molar-refractivity contribution in [2.24, 2.45) is 7.05 Å². The van der Waals surface area contributed by atoms with Gasteiger partial charge >= 0.3 is 12.3 Å². The van der Waals surface area contributed by atoms with E-state index in [4.69, 9.17) is 4.74 Å². The van der Waals surface area contributed by atoms with Gasteiger partial charge in [-0.05, 0) is 18.6 Å². The first-order chi connectivity index (χ1) is 18.9. The number of fused-ring (bicyclic) bond motifs is 2. The molecule has 40 heavy (non-hydrogen) atoms. The number of anilines is 1. The van der Waals surface area contributed by atoms with E-state index < -0.39 is 46.9 Å². The van der Waals surface area contributed by atoms with E-state index in [2.05, 4.69) is 15.1 Å². The van der Waals surface area contributed by atoms with Crippen molar-refractivity contribution in [1.29, 1.82) is 0 Å². The monoisotopic (exact) mass is 560 g/mol. The number of phenolic OH excluding ortho intramolecular Hbond substituents is 1. The third-order valence-electron chi connectivity index (χ3n) is 7.22. The fourth-order valence-corrected chi connectivity index (χ4v) is 5.16. The van der Waals surface area contributed by atoms with Gasteiger partial charge < -0.3 is 14.7 Å². The normalized spacial score (nSPS) is 19.3. The standard InChI is InChI=1S/C26H21F5N6O3/c1-12-3-5-13(6-4-12)22-17-11-36(7-8-37(17)25(39)40-22)24-32-10-15-20(34-35(2)23(15)33-24)14-9-16(26(29,30)31)19(28)21(38)18(14)27/h3-6,9-10,17,22,38H,7-8,11H2,1-2H3/t17-,22?/m1/s1. The van der Waals surface area contributed by atoms with E-state index in [0.29, 0.717) is 19.6 Å². The van der Waals surface area contributed by atoms with Crippen molar-refractivity contribution in [3.05, 3.63) is 64.9 Å². The molecule has 0 spiro atoms. The Morgan fingerprint density at radius 2 is 1.82 bits per heavy atom. The molecule has 4 heterocycles. The average molecular weight is 560 g/mol. The highest BCUT2D eigenvalue weighted by atomic mass is 19.4. The van der Waals surface area contributed by atoms with Crippen LogP contribution < -0.4 is 4.90 Å². The number of carbonyl (C=O) groups is 1. The average Bonchev–Trinajstić information content (AvgIpc) is 3.43. The predicted molar refractivity (Wildman–Crippen MR) is 131 cm³/mol. The number of carbonyl (C=O) groups excluding carboxylic acids is 1. The quantitative estimate of drug-likeness (QED) is 0.362. The third kappa shape index (κ3) is 4.05. The number of halogens is 5. The fourth-order valence-electron chi connectivity index (χ4n) is 5.16. The zero-order chi connectivity index (χ0) is 28.5. The Hall–Kier alpha value is -4.49. The summed E-state index contributed by atoms with van der Waals surface area (Å²) in [6, 6.07) is 7.64. The first kappa shape index (κ1) is 25.8. The van der Waals surface area contributed by atoms with Gasteiger partial charge in [0.1, 0.15) is 5.69 Å². The Morgan fingerprint density at radius 1 is 1.10 bits per heavy atom. The summed E-state index contributed by atoms with van der Waals surface area (Å²) in [6.07, 6.45) is -4.80. The van der Waals surface area contributed by atoms with Crippen LogP contribution in [0.15, 0.2) is 36.5 Å². The summed E-state index contributed by atoms with van der Waals surface area (Å²) in [6.45, 7) is 3.04. The molecule has 2 aliphatic heterocycles. The molecule has 0 bridgehead atoms. The molecule has 2 aromatic carbocycles. The number of rotatable bonds is 3.